The molecule has 6 nitrogen and oxygen atoms in total. The summed E-state index contributed by atoms with van der Waals surface area (Å²) in [5.41, 5.74) is 0. The molecule has 0 rings (SSSR count). The van der Waals surface area contributed by atoms with Gasteiger partial charge in [0.15, 0.2) is 5.34 Å². The van der Waals surface area contributed by atoms with Gasteiger partial charge in [-0.15, -0.1) is 0 Å². The van der Waals surface area contributed by atoms with Crippen molar-refractivity contribution >= 4 is 14.0 Å². The second-order valence-corrected chi connectivity index (χ2v) is 6.26. The standard InChI is InChI=1S/C9H20NO5P/c1-9(2,16(12,13)14-3)15-7-5-4-6-10-8-11/h8H,4-7H2,1-3H3,(H,10,11)(H,12,13). The van der Waals surface area contributed by atoms with Crippen LogP contribution in [0, 0.1) is 0 Å². The number of hydrogen-bond acceptors (Lipinski definition) is 4. The van der Waals surface area contributed by atoms with E-state index >= 15 is 0 Å². The molecule has 0 saturated heterocycles. The Kier molecular flexibility index (Phi) is 6.83. The van der Waals surface area contributed by atoms with Gasteiger partial charge in [-0.2, -0.15) is 0 Å². The monoisotopic (exact) mass is 253 g/mol. The molecule has 0 aliphatic carbocycles. The third kappa shape index (κ3) is 5.07. The first-order chi connectivity index (χ1) is 7.37. The van der Waals surface area contributed by atoms with E-state index in [1.165, 1.54) is 21.0 Å². The number of hydrogen-bond donors (Lipinski definition) is 2. The minimum absolute atomic E-state index is 0.349. The summed E-state index contributed by atoms with van der Waals surface area (Å²) in [7, 11) is -2.55. The van der Waals surface area contributed by atoms with Crippen LogP contribution in [-0.2, 0) is 18.6 Å². The smallest absolute Gasteiger partial charge is 0.358 e. The lowest BCUT2D eigenvalue weighted by Gasteiger charge is -2.28. The normalized spacial score (nSPS) is 15.5. The van der Waals surface area contributed by atoms with Gasteiger partial charge in [0.25, 0.3) is 0 Å². The molecule has 0 fully saturated rings. The average Bonchev–Trinajstić information content (AvgIpc) is 2.23. The van der Waals surface area contributed by atoms with Gasteiger partial charge in [0.05, 0.1) is 0 Å². The third-order valence-corrected chi connectivity index (χ3v) is 4.17. The van der Waals surface area contributed by atoms with Crippen molar-refractivity contribution in [3.8, 4) is 0 Å². The highest BCUT2D eigenvalue weighted by molar-refractivity contribution is 7.54. The molecule has 1 atom stereocenters. The zero-order valence-electron chi connectivity index (χ0n) is 9.93. The summed E-state index contributed by atoms with van der Waals surface area (Å²) in [5.74, 6) is 0. The van der Waals surface area contributed by atoms with Gasteiger partial charge >= 0.3 is 7.60 Å². The van der Waals surface area contributed by atoms with Crippen molar-refractivity contribution in [1.29, 1.82) is 0 Å². The Labute approximate surface area is 95.9 Å². The first kappa shape index (κ1) is 15.6. The van der Waals surface area contributed by atoms with Crippen LogP contribution in [0.5, 0.6) is 0 Å². The van der Waals surface area contributed by atoms with E-state index in [0.717, 1.165) is 6.42 Å². The number of unbranched alkanes of at least 4 members (excludes halogenated alkanes) is 1. The summed E-state index contributed by atoms with van der Waals surface area (Å²) in [4.78, 5) is 19.4. The van der Waals surface area contributed by atoms with Crippen molar-refractivity contribution in [2.24, 2.45) is 0 Å². The van der Waals surface area contributed by atoms with Crippen molar-refractivity contribution in [2.75, 3.05) is 20.3 Å². The molecule has 0 aliphatic rings. The van der Waals surface area contributed by atoms with Crippen LogP contribution in [0.25, 0.3) is 0 Å². The molecule has 0 bridgehead atoms. The molecule has 96 valence electrons. The maximum Gasteiger partial charge on any atom is 0.358 e. The van der Waals surface area contributed by atoms with E-state index in [9.17, 15) is 14.3 Å². The van der Waals surface area contributed by atoms with Gasteiger partial charge in [-0.25, -0.2) is 0 Å². The van der Waals surface area contributed by atoms with Crippen LogP contribution >= 0.6 is 7.60 Å². The van der Waals surface area contributed by atoms with E-state index in [-0.39, 0.29) is 0 Å². The van der Waals surface area contributed by atoms with Gasteiger partial charge in [0.2, 0.25) is 6.41 Å². The lowest BCUT2D eigenvalue weighted by Crippen LogP contribution is -2.26. The van der Waals surface area contributed by atoms with Crippen LogP contribution in [0.3, 0.4) is 0 Å². The van der Waals surface area contributed by atoms with Gasteiger partial charge in [0, 0.05) is 20.3 Å². The van der Waals surface area contributed by atoms with Crippen molar-refractivity contribution in [1.82, 2.24) is 5.32 Å². The van der Waals surface area contributed by atoms with Crippen molar-refractivity contribution < 1.29 is 23.5 Å². The van der Waals surface area contributed by atoms with Crippen LogP contribution in [0.15, 0.2) is 0 Å². The lowest BCUT2D eigenvalue weighted by atomic mass is 10.3. The predicted octanol–water partition coefficient (Wildman–Crippen LogP) is 1.10. The summed E-state index contributed by atoms with van der Waals surface area (Å²) in [6.45, 7) is 3.96. The maximum absolute atomic E-state index is 11.5. The van der Waals surface area contributed by atoms with E-state index in [4.69, 9.17) is 4.74 Å². The molecule has 0 aromatic rings. The first-order valence-electron chi connectivity index (χ1n) is 5.07. The molecule has 0 saturated carbocycles. The summed E-state index contributed by atoms with van der Waals surface area (Å²) < 4.78 is 21.4. The lowest BCUT2D eigenvalue weighted by molar-refractivity contribution is -0.109. The van der Waals surface area contributed by atoms with Gasteiger partial charge in [-0.1, -0.05) is 0 Å². The summed E-state index contributed by atoms with van der Waals surface area (Å²) in [6, 6.07) is 0. The Balaban J connectivity index is 3.83. The Morgan fingerprint density at radius 2 is 2.06 bits per heavy atom. The van der Waals surface area contributed by atoms with E-state index in [0.29, 0.717) is 26.0 Å². The number of nitrogens with one attached hydrogen (secondary N) is 1. The Morgan fingerprint density at radius 1 is 1.44 bits per heavy atom. The van der Waals surface area contributed by atoms with E-state index in [2.05, 4.69) is 9.84 Å². The summed E-state index contributed by atoms with van der Waals surface area (Å²) in [6.07, 6.45) is 2.10. The number of amides is 1. The van der Waals surface area contributed by atoms with E-state index in [1.54, 1.807) is 0 Å². The number of ether oxygens (including phenoxy) is 1. The average molecular weight is 253 g/mol. The molecular weight excluding hydrogens is 233 g/mol. The Bertz CT molecular complexity index is 256. The second kappa shape index (κ2) is 7.01. The van der Waals surface area contributed by atoms with Crippen LogP contribution in [0.1, 0.15) is 26.7 Å². The van der Waals surface area contributed by atoms with Gasteiger partial charge in [0.1, 0.15) is 0 Å². The summed E-state index contributed by atoms with van der Waals surface area (Å²) in [5, 5.41) is 1.31. The molecule has 0 aromatic carbocycles. The van der Waals surface area contributed by atoms with E-state index in [1.807, 2.05) is 0 Å². The van der Waals surface area contributed by atoms with Crippen LogP contribution < -0.4 is 5.32 Å². The SMILES string of the molecule is COP(=O)(O)C(C)(C)OCCCCNC=O. The molecule has 0 radical (unpaired) electrons. The molecule has 16 heavy (non-hydrogen) atoms. The molecule has 7 heteroatoms. The first-order valence-corrected chi connectivity index (χ1v) is 6.65. The van der Waals surface area contributed by atoms with Gasteiger partial charge in [-0.3, -0.25) is 9.36 Å². The molecule has 0 heterocycles. The van der Waals surface area contributed by atoms with Crippen LogP contribution in [0.4, 0.5) is 0 Å². The fraction of sp³-hybridized carbons (Fsp3) is 0.889. The molecule has 2 N–H and O–H groups in total. The van der Waals surface area contributed by atoms with Gasteiger partial charge < -0.3 is 19.5 Å². The van der Waals surface area contributed by atoms with Crippen molar-refractivity contribution in [2.45, 2.75) is 32.0 Å². The van der Waals surface area contributed by atoms with Crippen LogP contribution in [0.2, 0.25) is 0 Å². The molecule has 1 amide bonds. The highest BCUT2D eigenvalue weighted by Gasteiger charge is 2.40. The highest BCUT2D eigenvalue weighted by atomic mass is 31.2. The number of carbonyl (C=O) groups excluding carboxylic acids is 1. The molecule has 0 aliphatic heterocycles. The second-order valence-electron chi connectivity index (χ2n) is 3.78. The molecule has 0 aromatic heterocycles. The third-order valence-electron chi connectivity index (χ3n) is 2.18. The number of carbonyl (C=O) groups is 1. The minimum Gasteiger partial charge on any atom is -0.363 e. The zero-order chi connectivity index (χ0) is 12.7. The fourth-order valence-electron chi connectivity index (χ4n) is 1.01. The summed E-state index contributed by atoms with van der Waals surface area (Å²) >= 11 is 0. The maximum atomic E-state index is 11.5. The molecular formula is C9H20NO5P. The van der Waals surface area contributed by atoms with Crippen molar-refractivity contribution in [3.63, 3.8) is 0 Å². The van der Waals surface area contributed by atoms with Crippen molar-refractivity contribution in [3.05, 3.63) is 0 Å². The minimum atomic E-state index is -3.73. The van der Waals surface area contributed by atoms with Gasteiger partial charge in [-0.05, 0) is 26.7 Å². The quantitative estimate of drug-likeness (QED) is 0.365. The fourth-order valence-corrected chi connectivity index (χ4v) is 1.71. The number of rotatable bonds is 9. The van der Waals surface area contributed by atoms with E-state index < -0.39 is 12.9 Å². The largest absolute Gasteiger partial charge is 0.363 e. The Hall–Kier alpha value is -0.420. The molecule has 1 unspecified atom stereocenters. The molecule has 0 spiro atoms. The van der Waals surface area contributed by atoms with Crippen LogP contribution in [-0.4, -0.2) is 36.9 Å². The predicted molar refractivity (Wildman–Crippen MR) is 60.2 cm³/mol. The zero-order valence-corrected chi connectivity index (χ0v) is 10.8. The topological polar surface area (TPSA) is 84.9 Å². The Morgan fingerprint density at radius 3 is 2.56 bits per heavy atom. The highest BCUT2D eigenvalue weighted by Crippen LogP contribution is 2.54.